The second-order valence-electron chi connectivity index (χ2n) is 6.00. The number of nitrogens with one attached hydrogen (secondary N) is 1. The van der Waals surface area contributed by atoms with Crippen molar-refractivity contribution in [2.24, 2.45) is 0 Å². The average Bonchev–Trinajstić information content (AvgIpc) is 2.74. The van der Waals surface area contributed by atoms with E-state index in [0.717, 1.165) is 5.56 Å². The van der Waals surface area contributed by atoms with Crippen LogP contribution < -0.4 is 15.0 Å². The van der Waals surface area contributed by atoms with Crippen LogP contribution in [0.25, 0.3) is 0 Å². The molecule has 136 valence electrons. The molecule has 1 N–H and O–H groups in total. The minimum absolute atomic E-state index is 0.0885. The summed E-state index contributed by atoms with van der Waals surface area (Å²) in [5.74, 6) is 0.163. The Bertz CT molecular complexity index is 841. The van der Waals surface area contributed by atoms with Gasteiger partial charge in [0.2, 0.25) is 11.8 Å². The third-order valence-electron chi connectivity index (χ3n) is 4.14. The van der Waals surface area contributed by atoms with Crippen LogP contribution in [0.4, 0.5) is 5.69 Å². The zero-order valence-electron chi connectivity index (χ0n) is 14.2. The van der Waals surface area contributed by atoms with Crippen molar-refractivity contribution in [2.75, 3.05) is 18.1 Å². The van der Waals surface area contributed by atoms with E-state index >= 15 is 0 Å². The monoisotopic (exact) mass is 392 g/mol. The van der Waals surface area contributed by atoms with E-state index in [9.17, 15) is 9.59 Å². The summed E-state index contributed by atoms with van der Waals surface area (Å²) in [6.07, 6.45) is 0.223. The van der Waals surface area contributed by atoms with Crippen molar-refractivity contribution in [3.63, 3.8) is 0 Å². The molecule has 0 saturated heterocycles. The number of fused-ring (bicyclic) bond motifs is 1. The predicted molar refractivity (Wildman–Crippen MR) is 102 cm³/mol. The van der Waals surface area contributed by atoms with Crippen LogP contribution in [0.2, 0.25) is 10.0 Å². The van der Waals surface area contributed by atoms with Crippen molar-refractivity contribution >= 4 is 40.7 Å². The van der Waals surface area contributed by atoms with Gasteiger partial charge in [-0.1, -0.05) is 41.4 Å². The van der Waals surface area contributed by atoms with E-state index in [2.05, 4.69) is 5.32 Å². The zero-order valence-corrected chi connectivity index (χ0v) is 15.7. The molecule has 7 heteroatoms. The number of hydrogen-bond acceptors (Lipinski definition) is 3. The third kappa shape index (κ3) is 4.11. The molecule has 5 nitrogen and oxygen atoms in total. The van der Waals surface area contributed by atoms with Gasteiger partial charge in [0.25, 0.3) is 0 Å². The first-order valence-corrected chi connectivity index (χ1v) is 8.98. The summed E-state index contributed by atoms with van der Waals surface area (Å²) >= 11 is 12.1. The van der Waals surface area contributed by atoms with Crippen molar-refractivity contribution in [3.05, 3.63) is 58.1 Å². The first kappa shape index (κ1) is 18.5. The lowest BCUT2D eigenvalue weighted by molar-refractivity contribution is -0.124. The summed E-state index contributed by atoms with van der Waals surface area (Å²) in [7, 11) is 0. The number of halogens is 2. The summed E-state index contributed by atoms with van der Waals surface area (Å²) in [5.41, 5.74) is 1.36. The van der Waals surface area contributed by atoms with Gasteiger partial charge in [0, 0.05) is 10.0 Å². The standard InChI is InChI=1S/C19H18Cl2N2O3/c1-12(14-7-6-13(20)10-15(14)21)22-18(24)11-23-16-4-2-3-5-17(16)26-9-8-19(23)25/h2-7,10,12H,8-9,11H2,1H3,(H,22,24)/t12-/m1/s1. The van der Waals surface area contributed by atoms with Gasteiger partial charge in [-0.3, -0.25) is 14.5 Å². The van der Waals surface area contributed by atoms with E-state index < -0.39 is 0 Å². The summed E-state index contributed by atoms with van der Waals surface area (Å²) < 4.78 is 5.58. The number of carbonyl (C=O) groups excluding carboxylic acids is 2. The topological polar surface area (TPSA) is 58.6 Å². The number of nitrogens with zero attached hydrogens (tertiary/aromatic N) is 1. The predicted octanol–water partition coefficient (Wildman–Crippen LogP) is 3.99. The Morgan fingerprint density at radius 3 is 2.81 bits per heavy atom. The van der Waals surface area contributed by atoms with E-state index in [1.165, 1.54) is 4.90 Å². The SMILES string of the molecule is C[C@@H](NC(=O)CN1C(=O)CCOc2ccccc21)c1ccc(Cl)cc1Cl. The van der Waals surface area contributed by atoms with Gasteiger partial charge in [-0.25, -0.2) is 0 Å². The molecule has 0 aliphatic carbocycles. The number of rotatable bonds is 4. The van der Waals surface area contributed by atoms with Crippen LogP contribution in [0.1, 0.15) is 24.9 Å². The van der Waals surface area contributed by atoms with Crippen LogP contribution in [0.5, 0.6) is 5.75 Å². The van der Waals surface area contributed by atoms with Crippen molar-refractivity contribution in [1.29, 1.82) is 0 Å². The van der Waals surface area contributed by atoms with Gasteiger partial charge in [0.1, 0.15) is 12.3 Å². The molecule has 2 amide bonds. The lowest BCUT2D eigenvalue weighted by Crippen LogP contribution is -2.41. The van der Waals surface area contributed by atoms with E-state index in [0.29, 0.717) is 28.1 Å². The highest BCUT2D eigenvalue weighted by Gasteiger charge is 2.25. The highest BCUT2D eigenvalue weighted by atomic mass is 35.5. The molecule has 0 spiro atoms. The molecule has 0 bridgehead atoms. The van der Waals surface area contributed by atoms with Crippen LogP contribution in [0, 0.1) is 0 Å². The first-order chi connectivity index (χ1) is 12.5. The Morgan fingerprint density at radius 1 is 1.27 bits per heavy atom. The maximum atomic E-state index is 12.5. The lowest BCUT2D eigenvalue weighted by Gasteiger charge is -2.23. The maximum absolute atomic E-state index is 12.5. The molecule has 1 atom stereocenters. The second-order valence-corrected chi connectivity index (χ2v) is 6.84. The number of hydrogen-bond donors (Lipinski definition) is 1. The Kier molecular flexibility index (Phi) is 5.69. The summed E-state index contributed by atoms with van der Waals surface area (Å²) in [6.45, 7) is 2.04. The quantitative estimate of drug-likeness (QED) is 0.855. The molecule has 1 aliphatic heterocycles. The molecular formula is C19H18Cl2N2O3. The molecule has 0 saturated carbocycles. The Labute approximate surface area is 161 Å². The van der Waals surface area contributed by atoms with E-state index in [4.69, 9.17) is 27.9 Å². The van der Waals surface area contributed by atoms with Gasteiger partial charge in [0.05, 0.1) is 24.8 Å². The molecule has 26 heavy (non-hydrogen) atoms. The number of para-hydroxylation sites is 2. The third-order valence-corrected chi connectivity index (χ3v) is 4.70. The van der Waals surface area contributed by atoms with E-state index in [-0.39, 0.29) is 30.8 Å². The number of amides is 2. The first-order valence-electron chi connectivity index (χ1n) is 8.22. The molecular weight excluding hydrogens is 375 g/mol. The van der Waals surface area contributed by atoms with Crippen LogP contribution in [0.15, 0.2) is 42.5 Å². The molecule has 1 aliphatic rings. The van der Waals surface area contributed by atoms with Gasteiger partial charge < -0.3 is 10.1 Å². The van der Waals surface area contributed by atoms with E-state index in [1.807, 2.05) is 19.1 Å². The number of anilines is 1. The van der Waals surface area contributed by atoms with Crippen LogP contribution in [0.3, 0.4) is 0 Å². The Morgan fingerprint density at radius 2 is 2.04 bits per heavy atom. The second kappa shape index (κ2) is 7.98. The fourth-order valence-electron chi connectivity index (χ4n) is 2.85. The molecule has 0 fully saturated rings. The largest absolute Gasteiger partial charge is 0.491 e. The molecule has 0 unspecified atom stereocenters. The van der Waals surface area contributed by atoms with Gasteiger partial charge in [-0.2, -0.15) is 0 Å². The zero-order chi connectivity index (χ0) is 18.7. The molecule has 0 radical (unpaired) electrons. The fraction of sp³-hybridized carbons (Fsp3) is 0.263. The Hall–Kier alpha value is -2.24. The molecule has 1 heterocycles. The van der Waals surface area contributed by atoms with Crippen LogP contribution in [-0.4, -0.2) is 25.0 Å². The number of ether oxygens (including phenoxy) is 1. The molecule has 2 aromatic carbocycles. The highest BCUT2D eigenvalue weighted by molar-refractivity contribution is 6.35. The van der Waals surface area contributed by atoms with Crippen molar-refractivity contribution < 1.29 is 14.3 Å². The normalized spacial score (nSPS) is 14.9. The van der Waals surface area contributed by atoms with Crippen LogP contribution in [-0.2, 0) is 9.59 Å². The molecule has 3 rings (SSSR count). The highest BCUT2D eigenvalue weighted by Crippen LogP contribution is 2.31. The van der Waals surface area contributed by atoms with Crippen molar-refractivity contribution in [1.82, 2.24) is 5.32 Å². The molecule has 0 aromatic heterocycles. The summed E-state index contributed by atoms with van der Waals surface area (Å²) in [4.78, 5) is 26.4. The molecule has 2 aromatic rings. The lowest BCUT2D eigenvalue weighted by atomic mass is 10.1. The van der Waals surface area contributed by atoms with Gasteiger partial charge in [-0.15, -0.1) is 0 Å². The number of carbonyl (C=O) groups is 2. The van der Waals surface area contributed by atoms with Gasteiger partial charge in [-0.05, 0) is 36.8 Å². The van der Waals surface area contributed by atoms with E-state index in [1.54, 1.807) is 30.3 Å². The minimum atomic E-state index is -0.319. The minimum Gasteiger partial charge on any atom is -0.491 e. The smallest absolute Gasteiger partial charge is 0.240 e. The summed E-state index contributed by atoms with van der Waals surface area (Å²) in [6, 6.07) is 12.0. The number of benzene rings is 2. The van der Waals surface area contributed by atoms with Crippen molar-refractivity contribution in [2.45, 2.75) is 19.4 Å². The van der Waals surface area contributed by atoms with Crippen LogP contribution >= 0.6 is 23.2 Å². The van der Waals surface area contributed by atoms with Crippen molar-refractivity contribution in [3.8, 4) is 5.75 Å². The van der Waals surface area contributed by atoms with Gasteiger partial charge in [0.15, 0.2) is 0 Å². The summed E-state index contributed by atoms with van der Waals surface area (Å²) in [5, 5.41) is 3.89. The Balaban J connectivity index is 1.74. The fourth-order valence-corrected chi connectivity index (χ4v) is 3.43. The van der Waals surface area contributed by atoms with Gasteiger partial charge >= 0.3 is 0 Å². The average molecular weight is 393 g/mol. The maximum Gasteiger partial charge on any atom is 0.240 e.